The second kappa shape index (κ2) is 6.90. The smallest absolute Gasteiger partial charge is 0.388 e. The van der Waals surface area contributed by atoms with Crippen molar-refractivity contribution >= 4 is 11.4 Å². The van der Waals surface area contributed by atoms with E-state index in [-0.39, 0.29) is 11.5 Å². The predicted molar refractivity (Wildman–Crippen MR) is 94.2 cm³/mol. The maximum atomic E-state index is 13.6. The van der Waals surface area contributed by atoms with Crippen LogP contribution in [0.3, 0.4) is 0 Å². The van der Waals surface area contributed by atoms with Gasteiger partial charge < -0.3 is 10.4 Å². The van der Waals surface area contributed by atoms with Gasteiger partial charge in [-0.05, 0) is 38.1 Å². The van der Waals surface area contributed by atoms with E-state index in [0.717, 1.165) is 13.8 Å². The Bertz CT molecular complexity index is 1010. The molecule has 0 saturated heterocycles. The van der Waals surface area contributed by atoms with Gasteiger partial charge in [0.2, 0.25) is 5.82 Å². The summed E-state index contributed by atoms with van der Waals surface area (Å²) in [6, 6.07) is 7.86. The van der Waals surface area contributed by atoms with Gasteiger partial charge in [-0.2, -0.15) is 13.2 Å². The van der Waals surface area contributed by atoms with Gasteiger partial charge in [0.25, 0.3) is 5.91 Å². The largest absolute Gasteiger partial charge is 0.411 e. The number of fused-ring (bicyclic) bond motifs is 1. The zero-order valence-electron chi connectivity index (χ0n) is 15.0. The normalized spacial score (nSPS) is 13.5. The lowest BCUT2D eigenvalue weighted by molar-refractivity contribution is -0.192. The van der Waals surface area contributed by atoms with Gasteiger partial charge in [0.15, 0.2) is 6.04 Å². The molecule has 1 aromatic carbocycles. The molecule has 2 N–H and O–H groups in total. The van der Waals surface area contributed by atoms with E-state index >= 15 is 0 Å². The van der Waals surface area contributed by atoms with Crippen LogP contribution in [0.15, 0.2) is 48.7 Å². The fourth-order valence-corrected chi connectivity index (χ4v) is 2.90. The maximum absolute atomic E-state index is 13.6. The lowest BCUT2D eigenvalue weighted by atomic mass is 9.98. The summed E-state index contributed by atoms with van der Waals surface area (Å²) >= 11 is 0. The Morgan fingerprint density at radius 3 is 2.50 bits per heavy atom. The van der Waals surface area contributed by atoms with E-state index in [1.54, 1.807) is 24.3 Å². The molecule has 0 spiro atoms. The Morgan fingerprint density at radius 1 is 1.18 bits per heavy atom. The van der Waals surface area contributed by atoms with Crippen molar-refractivity contribution in [3.63, 3.8) is 0 Å². The van der Waals surface area contributed by atoms with Gasteiger partial charge in [-0.25, -0.2) is 9.37 Å². The summed E-state index contributed by atoms with van der Waals surface area (Å²) in [7, 11) is 0. The third-order valence-corrected chi connectivity index (χ3v) is 4.16. The van der Waals surface area contributed by atoms with E-state index in [2.05, 4.69) is 4.98 Å². The highest BCUT2D eigenvalue weighted by Gasteiger charge is 2.49. The minimum Gasteiger partial charge on any atom is -0.388 e. The standard InChI is InChI=1S/C19H17F4N3O2/c1-18(2,28)17(19(21,22)23)25-16(27)15-24-14(11-6-5-7-12(20)10-11)13-8-3-4-9-26(13)15/h3-10,17,28H,1-2H3,(H,25,27). The predicted octanol–water partition coefficient (Wildman–Crippen LogP) is 3.57. The number of nitrogens with one attached hydrogen (secondary N) is 1. The van der Waals surface area contributed by atoms with Gasteiger partial charge in [-0.3, -0.25) is 9.20 Å². The molecule has 2 aromatic heterocycles. The average Bonchev–Trinajstić information content (AvgIpc) is 2.97. The molecule has 0 fully saturated rings. The summed E-state index contributed by atoms with van der Waals surface area (Å²) in [6.07, 6.45) is -3.40. The van der Waals surface area contributed by atoms with Crippen molar-refractivity contribution in [1.29, 1.82) is 0 Å². The first-order chi connectivity index (χ1) is 13.0. The van der Waals surface area contributed by atoms with E-state index in [1.807, 2.05) is 5.32 Å². The van der Waals surface area contributed by atoms with Crippen molar-refractivity contribution in [3.05, 3.63) is 60.3 Å². The minimum absolute atomic E-state index is 0.247. The van der Waals surface area contributed by atoms with E-state index in [0.29, 0.717) is 11.1 Å². The van der Waals surface area contributed by atoms with Crippen LogP contribution in [0, 0.1) is 5.82 Å². The van der Waals surface area contributed by atoms with Crippen molar-refractivity contribution in [2.75, 3.05) is 0 Å². The number of hydrogen-bond acceptors (Lipinski definition) is 3. The molecule has 148 valence electrons. The number of aliphatic hydroxyl groups is 1. The Balaban J connectivity index is 2.07. The van der Waals surface area contributed by atoms with Gasteiger partial charge in [0.1, 0.15) is 5.82 Å². The molecule has 0 aliphatic rings. The second-order valence-corrected chi connectivity index (χ2v) is 6.85. The molecule has 9 heteroatoms. The maximum Gasteiger partial charge on any atom is 0.411 e. The molecular weight excluding hydrogens is 378 g/mol. The molecule has 28 heavy (non-hydrogen) atoms. The quantitative estimate of drug-likeness (QED) is 0.664. The van der Waals surface area contributed by atoms with Crippen molar-refractivity contribution in [3.8, 4) is 11.3 Å². The highest BCUT2D eigenvalue weighted by Crippen LogP contribution is 2.29. The molecule has 3 rings (SSSR count). The van der Waals surface area contributed by atoms with E-state index < -0.39 is 29.5 Å². The molecule has 1 unspecified atom stereocenters. The Kier molecular flexibility index (Phi) is 4.88. The number of nitrogens with zero attached hydrogens (tertiary/aromatic N) is 2. The molecule has 3 aromatic rings. The Hall–Kier alpha value is -2.94. The zero-order valence-corrected chi connectivity index (χ0v) is 15.0. The summed E-state index contributed by atoms with van der Waals surface area (Å²) in [5, 5.41) is 11.6. The summed E-state index contributed by atoms with van der Waals surface area (Å²) in [6.45, 7) is 1.90. The number of aromatic nitrogens is 2. The number of halogens is 4. The molecule has 0 aliphatic carbocycles. The lowest BCUT2D eigenvalue weighted by Gasteiger charge is -2.31. The van der Waals surface area contributed by atoms with Gasteiger partial charge in [-0.15, -0.1) is 0 Å². The van der Waals surface area contributed by atoms with Crippen LogP contribution in [0.2, 0.25) is 0 Å². The van der Waals surface area contributed by atoms with Crippen LogP contribution in [0.5, 0.6) is 0 Å². The molecular formula is C19H17F4N3O2. The second-order valence-electron chi connectivity index (χ2n) is 6.85. The van der Waals surface area contributed by atoms with Crippen LogP contribution >= 0.6 is 0 Å². The number of rotatable bonds is 4. The lowest BCUT2D eigenvalue weighted by Crippen LogP contribution is -2.57. The monoisotopic (exact) mass is 395 g/mol. The molecule has 0 bridgehead atoms. The molecule has 5 nitrogen and oxygen atoms in total. The van der Waals surface area contributed by atoms with Crippen LogP contribution in [0.1, 0.15) is 24.5 Å². The topological polar surface area (TPSA) is 66.6 Å². The highest BCUT2D eigenvalue weighted by molar-refractivity contribution is 5.94. The molecule has 0 radical (unpaired) electrons. The summed E-state index contributed by atoms with van der Waals surface area (Å²) in [5.41, 5.74) is -1.20. The first-order valence-corrected chi connectivity index (χ1v) is 8.31. The van der Waals surface area contributed by atoms with Gasteiger partial charge in [0, 0.05) is 11.8 Å². The molecule has 0 aliphatic heterocycles. The van der Waals surface area contributed by atoms with E-state index in [9.17, 15) is 27.5 Å². The third-order valence-electron chi connectivity index (χ3n) is 4.16. The number of amides is 1. The van der Waals surface area contributed by atoms with Crippen molar-refractivity contribution in [1.82, 2.24) is 14.7 Å². The third kappa shape index (κ3) is 3.84. The summed E-state index contributed by atoms with van der Waals surface area (Å²) in [4.78, 5) is 16.7. The first kappa shape index (κ1) is 19.8. The van der Waals surface area contributed by atoms with Crippen molar-refractivity contribution < 1.29 is 27.5 Å². The molecule has 0 saturated carbocycles. The Labute approximate surface area is 157 Å². The number of hydrogen-bond donors (Lipinski definition) is 2. The number of carbonyl (C=O) groups is 1. The van der Waals surface area contributed by atoms with E-state index in [4.69, 9.17) is 0 Å². The summed E-state index contributed by atoms with van der Waals surface area (Å²) in [5.74, 6) is -1.94. The Morgan fingerprint density at radius 2 is 1.89 bits per heavy atom. The van der Waals surface area contributed by atoms with Gasteiger partial charge in [-0.1, -0.05) is 18.2 Å². The SMILES string of the molecule is CC(C)(O)C(NC(=O)c1nc(-c2cccc(F)c2)c2ccccn12)C(F)(F)F. The fourth-order valence-electron chi connectivity index (χ4n) is 2.90. The van der Waals surface area contributed by atoms with Crippen molar-refractivity contribution in [2.45, 2.75) is 31.7 Å². The van der Waals surface area contributed by atoms with Crippen LogP contribution in [-0.2, 0) is 0 Å². The molecule has 2 heterocycles. The molecule has 1 amide bonds. The highest BCUT2D eigenvalue weighted by atomic mass is 19.4. The van der Waals surface area contributed by atoms with E-state index in [1.165, 1.54) is 28.8 Å². The van der Waals surface area contributed by atoms with Crippen LogP contribution < -0.4 is 5.32 Å². The molecule has 1 atom stereocenters. The number of carbonyl (C=O) groups excluding carboxylic acids is 1. The number of benzene rings is 1. The van der Waals surface area contributed by atoms with Gasteiger partial charge in [0.05, 0.1) is 16.8 Å². The fraction of sp³-hybridized carbons (Fsp3) is 0.263. The zero-order chi connectivity index (χ0) is 20.7. The number of pyridine rings is 1. The number of alkyl halides is 3. The van der Waals surface area contributed by atoms with Crippen LogP contribution in [-0.4, -0.2) is 38.2 Å². The first-order valence-electron chi connectivity index (χ1n) is 8.31. The minimum atomic E-state index is -4.87. The van der Waals surface area contributed by atoms with Crippen LogP contribution in [0.25, 0.3) is 16.8 Å². The van der Waals surface area contributed by atoms with Crippen molar-refractivity contribution in [2.24, 2.45) is 0 Å². The average molecular weight is 395 g/mol. The summed E-state index contributed by atoms with van der Waals surface area (Å²) < 4.78 is 54.7. The van der Waals surface area contributed by atoms with Crippen LogP contribution in [0.4, 0.5) is 17.6 Å². The number of imidazole rings is 1. The van der Waals surface area contributed by atoms with Gasteiger partial charge >= 0.3 is 6.18 Å².